The van der Waals surface area contributed by atoms with Crippen LogP contribution in [-0.2, 0) is 14.8 Å². The highest BCUT2D eigenvalue weighted by atomic mass is 32.2. The lowest BCUT2D eigenvalue weighted by Gasteiger charge is -2.39. The number of amides is 1. The molecule has 1 fully saturated rings. The first-order valence-electron chi connectivity index (χ1n) is 8.85. The summed E-state index contributed by atoms with van der Waals surface area (Å²) >= 11 is 0. The van der Waals surface area contributed by atoms with Gasteiger partial charge in [-0.3, -0.25) is 9.69 Å². The Balaban J connectivity index is 1.57. The minimum absolute atomic E-state index is 0.127. The highest BCUT2D eigenvalue weighted by Crippen LogP contribution is 2.27. The van der Waals surface area contributed by atoms with E-state index in [0.717, 1.165) is 0 Å². The number of fused-ring (bicyclic) bond motifs is 2. The molecular formula is C19H21N3O4S. The molecule has 0 unspecified atom stereocenters. The number of carbonyl (C=O) groups is 1. The number of piperazine rings is 1. The molecular weight excluding hydrogens is 366 g/mol. The quantitative estimate of drug-likeness (QED) is 0.843. The van der Waals surface area contributed by atoms with Crippen LogP contribution in [0.3, 0.4) is 0 Å². The molecule has 0 radical (unpaired) electrons. The molecule has 7 nitrogen and oxygen atoms in total. The second kappa shape index (κ2) is 7.30. The Labute approximate surface area is 158 Å². The Bertz CT molecular complexity index is 933. The summed E-state index contributed by atoms with van der Waals surface area (Å²) in [5, 5.41) is 2.87. The van der Waals surface area contributed by atoms with Crippen molar-refractivity contribution in [2.24, 2.45) is 0 Å². The topological polar surface area (TPSA) is 79.0 Å². The molecule has 2 aliphatic rings. The fourth-order valence-electron chi connectivity index (χ4n) is 3.45. The number of hydrogen-bond acceptors (Lipinski definition) is 5. The Hall–Kier alpha value is -2.42. The predicted octanol–water partition coefficient (Wildman–Crippen LogP) is 1.39. The van der Waals surface area contributed by atoms with Gasteiger partial charge in [-0.25, -0.2) is 8.42 Å². The van der Waals surface area contributed by atoms with Crippen molar-refractivity contribution in [3.8, 4) is 5.75 Å². The molecule has 2 heterocycles. The van der Waals surface area contributed by atoms with E-state index in [2.05, 4.69) is 5.32 Å². The number of sulfonamides is 1. The molecule has 2 aromatic rings. The van der Waals surface area contributed by atoms with E-state index in [0.29, 0.717) is 31.1 Å². The van der Waals surface area contributed by atoms with Crippen LogP contribution in [0.15, 0.2) is 59.5 Å². The summed E-state index contributed by atoms with van der Waals surface area (Å²) in [5.74, 6) is 0.466. The van der Waals surface area contributed by atoms with Crippen molar-refractivity contribution >= 4 is 21.6 Å². The first kappa shape index (κ1) is 18.0. The number of anilines is 1. The molecule has 1 saturated heterocycles. The molecule has 142 valence electrons. The maximum absolute atomic E-state index is 12.9. The van der Waals surface area contributed by atoms with Crippen molar-refractivity contribution in [3.05, 3.63) is 54.6 Å². The Morgan fingerprint density at radius 1 is 1.00 bits per heavy atom. The fraction of sp³-hybridized carbons (Fsp3) is 0.316. The van der Waals surface area contributed by atoms with Crippen LogP contribution >= 0.6 is 0 Å². The van der Waals surface area contributed by atoms with Crippen molar-refractivity contribution in [2.45, 2.75) is 10.9 Å². The third kappa shape index (κ3) is 3.69. The molecule has 0 aliphatic carbocycles. The molecule has 2 aromatic carbocycles. The molecule has 4 rings (SSSR count). The predicted molar refractivity (Wildman–Crippen MR) is 101 cm³/mol. The monoisotopic (exact) mass is 387 g/mol. The maximum Gasteiger partial charge on any atom is 0.243 e. The highest BCUT2D eigenvalue weighted by Gasteiger charge is 2.36. The van der Waals surface area contributed by atoms with Crippen LogP contribution in [0.25, 0.3) is 0 Å². The number of para-hydroxylation sites is 2. The first-order valence-corrected chi connectivity index (χ1v) is 10.3. The van der Waals surface area contributed by atoms with Crippen LogP contribution in [0.2, 0.25) is 0 Å². The van der Waals surface area contributed by atoms with Gasteiger partial charge >= 0.3 is 0 Å². The van der Waals surface area contributed by atoms with Gasteiger partial charge in [0, 0.05) is 19.6 Å². The Kier molecular flexibility index (Phi) is 4.86. The van der Waals surface area contributed by atoms with Crippen molar-refractivity contribution in [3.63, 3.8) is 0 Å². The van der Waals surface area contributed by atoms with Crippen LogP contribution in [0.1, 0.15) is 0 Å². The van der Waals surface area contributed by atoms with Crippen LogP contribution in [0.5, 0.6) is 5.75 Å². The second-order valence-corrected chi connectivity index (χ2v) is 8.59. The molecule has 0 aromatic heterocycles. The van der Waals surface area contributed by atoms with Crippen LogP contribution in [-0.4, -0.2) is 62.4 Å². The van der Waals surface area contributed by atoms with E-state index in [9.17, 15) is 13.2 Å². The largest absolute Gasteiger partial charge is 0.490 e. The standard InChI is InChI=1S/C19H21N3O4S/c23-19-13-21-10-11-22(27(24,25)16-6-2-1-3-7-16)12-15(21)14-26-18-9-5-4-8-17(18)20-19/h1-9,15H,10-14H2,(H,20,23)/t15-/m1/s1. The van der Waals surface area contributed by atoms with Crippen molar-refractivity contribution in [1.82, 2.24) is 9.21 Å². The average molecular weight is 387 g/mol. The van der Waals surface area contributed by atoms with Crippen molar-refractivity contribution in [1.29, 1.82) is 0 Å². The van der Waals surface area contributed by atoms with Gasteiger partial charge in [-0.2, -0.15) is 4.31 Å². The summed E-state index contributed by atoms with van der Waals surface area (Å²) in [6, 6.07) is 15.5. The van der Waals surface area contributed by atoms with Gasteiger partial charge < -0.3 is 10.1 Å². The van der Waals surface area contributed by atoms with Gasteiger partial charge in [-0.05, 0) is 24.3 Å². The second-order valence-electron chi connectivity index (χ2n) is 6.66. The highest BCUT2D eigenvalue weighted by molar-refractivity contribution is 7.89. The summed E-state index contributed by atoms with van der Waals surface area (Å²) in [4.78, 5) is 14.6. The van der Waals surface area contributed by atoms with Gasteiger partial charge in [0.1, 0.15) is 12.4 Å². The number of hydrogen-bond donors (Lipinski definition) is 1. The number of benzene rings is 2. The van der Waals surface area contributed by atoms with Gasteiger partial charge in [-0.1, -0.05) is 30.3 Å². The number of nitrogens with zero attached hydrogens (tertiary/aromatic N) is 2. The van der Waals surface area contributed by atoms with Gasteiger partial charge in [0.2, 0.25) is 15.9 Å². The van der Waals surface area contributed by atoms with Gasteiger partial charge in [0.25, 0.3) is 0 Å². The summed E-state index contributed by atoms with van der Waals surface area (Å²) in [5.41, 5.74) is 0.635. The van der Waals surface area contributed by atoms with E-state index < -0.39 is 10.0 Å². The van der Waals surface area contributed by atoms with Crippen molar-refractivity contribution in [2.75, 3.05) is 38.1 Å². The normalized spacial score (nSPS) is 21.6. The van der Waals surface area contributed by atoms with Gasteiger partial charge in [-0.15, -0.1) is 0 Å². The fourth-order valence-corrected chi connectivity index (χ4v) is 4.94. The molecule has 0 bridgehead atoms. The zero-order chi connectivity index (χ0) is 18.9. The average Bonchev–Trinajstić information content (AvgIpc) is 2.75. The summed E-state index contributed by atoms with van der Waals surface area (Å²) in [6.45, 7) is 1.62. The van der Waals surface area contributed by atoms with Crippen LogP contribution in [0, 0.1) is 0 Å². The van der Waals surface area contributed by atoms with E-state index in [-0.39, 0.29) is 29.9 Å². The smallest absolute Gasteiger partial charge is 0.243 e. The zero-order valence-electron chi connectivity index (χ0n) is 14.7. The minimum atomic E-state index is -3.57. The lowest BCUT2D eigenvalue weighted by molar-refractivity contribution is -0.118. The Morgan fingerprint density at radius 3 is 2.56 bits per heavy atom. The zero-order valence-corrected chi connectivity index (χ0v) is 15.6. The third-order valence-corrected chi connectivity index (χ3v) is 6.77. The molecule has 0 spiro atoms. The van der Waals surface area contributed by atoms with E-state index in [4.69, 9.17) is 4.74 Å². The number of nitrogens with one attached hydrogen (secondary N) is 1. The molecule has 27 heavy (non-hydrogen) atoms. The molecule has 2 aliphatic heterocycles. The number of carbonyl (C=O) groups excluding carboxylic acids is 1. The van der Waals surface area contributed by atoms with Crippen LogP contribution in [0.4, 0.5) is 5.69 Å². The molecule has 1 amide bonds. The van der Waals surface area contributed by atoms with E-state index in [1.54, 1.807) is 42.5 Å². The molecule has 1 atom stereocenters. The van der Waals surface area contributed by atoms with Gasteiger partial charge in [0.05, 0.1) is 23.2 Å². The number of ether oxygens (including phenoxy) is 1. The van der Waals surface area contributed by atoms with E-state index >= 15 is 0 Å². The summed E-state index contributed by atoms with van der Waals surface area (Å²) in [7, 11) is -3.57. The lowest BCUT2D eigenvalue weighted by atomic mass is 10.2. The SMILES string of the molecule is O=C1CN2CCN(S(=O)(=O)c3ccccc3)C[C@@H]2COc2ccccc2N1. The number of rotatable bonds is 2. The first-order chi connectivity index (χ1) is 13.0. The Morgan fingerprint density at radius 2 is 1.74 bits per heavy atom. The van der Waals surface area contributed by atoms with E-state index in [1.165, 1.54) is 4.31 Å². The van der Waals surface area contributed by atoms with E-state index in [1.807, 2.05) is 17.0 Å². The summed E-state index contributed by atoms with van der Waals surface area (Å²) in [6.07, 6.45) is 0. The third-order valence-electron chi connectivity index (χ3n) is 4.89. The molecule has 1 N–H and O–H groups in total. The maximum atomic E-state index is 12.9. The van der Waals surface area contributed by atoms with Crippen molar-refractivity contribution < 1.29 is 17.9 Å². The summed E-state index contributed by atoms with van der Waals surface area (Å²) < 4.78 is 33.3. The van der Waals surface area contributed by atoms with Gasteiger partial charge in [0.15, 0.2) is 0 Å². The minimum Gasteiger partial charge on any atom is -0.490 e. The lowest BCUT2D eigenvalue weighted by Crippen LogP contribution is -2.57. The molecule has 8 heteroatoms. The van der Waals surface area contributed by atoms with Crippen LogP contribution < -0.4 is 10.1 Å². The molecule has 0 saturated carbocycles.